The van der Waals surface area contributed by atoms with Gasteiger partial charge in [-0.2, -0.15) is 11.8 Å². The van der Waals surface area contributed by atoms with Gasteiger partial charge in [0.2, 0.25) is 0 Å². The van der Waals surface area contributed by atoms with Gasteiger partial charge in [0.15, 0.2) is 0 Å². The summed E-state index contributed by atoms with van der Waals surface area (Å²) < 4.78 is 0.285. The number of hydrogen-bond donors (Lipinski definition) is 1. The molecule has 1 aromatic carbocycles. The smallest absolute Gasteiger partial charge is 0.326 e. The summed E-state index contributed by atoms with van der Waals surface area (Å²) in [5, 5.41) is 10.4. The number of hydrogen-bond acceptors (Lipinski definition) is 6. The molecule has 0 spiro atoms. The highest BCUT2D eigenvalue weighted by molar-refractivity contribution is 8.26. The van der Waals surface area contributed by atoms with Crippen molar-refractivity contribution < 1.29 is 14.7 Å². The SMILES string of the molecule is CSCCC(C(=O)O)N1C(=O)C(=Cc2ccnc3ccccc23)SC1=S. The van der Waals surface area contributed by atoms with Crippen LogP contribution in [0.2, 0.25) is 0 Å². The molecule has 2 heterocycles. The van der Waals surface area contributed by atoms with E-state index in [1.165, 1.54) is 4.90 Å². The van der Waals surface area contributed by atoms with Crippen molar-refractivity contribution in [3.63, 3.8) is 0 Å². The van der Waals surface area contributed by atoms with Gasteiger partial charge in [0.25, 0.3) is 5.91 Å². The van der Waals surface area contributed by atoms with Crippen molar-refractivity contribution in [2.24, 2.45) is 0 Å². The molecule has 1 unspecified atom stereocenters. The molecule has 1 amide bonds. The minimum Gasteiger partial charge on any atom is -0.480 e. The van der Waals surface area contributed by atoms with Crippen LogP contribution in [0.25, 0.3) is 17.0 Å². The summed E-state index contributed by atoms with van der Waals surface area (Å²) in [5.74, 6) is -0.748. The molecule has 134 valence electrons. The highest BCUT2D eigenvalue weighted by Crippen LogP contribution is 2.35. The van der Waals surface area contributed by atoms with Gasteiger partial charge in [-0.25, -0.2) is 4.79 Å². The van der Waals surface area contributed by atoms with Crippen molar-refractivity contribution in [3.8, 4) is 0 Å². The fraction of sp³-hybridized carbons (Fsp3) is 0.222. The number of aromatic nitrogens is 1. The fourth-order valence-corrected chi connectivity index (χ4v) is 4.53. The molecule has 1 aromatic heterocycles. The third kappa shape index (κ3) is 3.77. The Hall–Kier alpha value is -1.90. The third-order valence-corrected chi connectivity index (χ3v) is 5.96. The summed E-state index contributed by atoms with van der Waals surface area (Å²) >= 11 is 7.98. The van der Waals surface area contributed by atoms with E-state index in [-0.39, 0.29) is 10.2 Å². The molecule has 2 aromatic rings. The van der Waals surface area contributed by atoms with Crippen molar-refractivity contribution >= 4 is 68.9 Å². The first-order chi connectivity index (χ1) is 12.5. The Morgan fingerprint density at radius 2 is 2.19 bits per heavy atom. The molecule has 0 bridgehead atoms. The molecule has 1 aliphatic rings. The number of carboxylic acids is 1. The van der Waals surface area contributed by atoms with Gasteiger partial charge in [-0.3, -0.25) is 14.7 Å². The van der Waals surface area contributed by atoms with E-state index in [0.29, 0.717) is 17.1 Å². The van der Waals surface area contributed by atoms with Crippen LogP contribution >= 0.6 is 35.7 Å². The summed E-state index contributed by atoms with van der Waals surface area (Å²) in [5.41, 5.74) is 1.69. The highest BCUT2D eigenvalue weighted by atomic mass is 32.2. The van der Waals surface area contributed by atoms with Gasteiger partial charge in [-0.05, 0) is 42.2 Å². The maximum absolute atomic E-state index is 12.8. The van der Waals surface area contributed by atoms with E-state index in [9.17, 15) is 14.7 Å². The van der Waals surface area contributed by atoms with Gasteiger partial charge in [-0.1, -0.05) is 42.2 Å². The summed E-state index contributed by atoms with van der Waals surface area (Å²) in [6.07, 6.45) is 5.70. The lowest BCUT2D eigenvalue weighted by atomic mass is 10.1. The van der Waals surface area contributed by atoms with Gasteiger partial charge in [0.1, 0.15) is 10.4 Å². The van der Waals surface area contributed by atoms with E-state index >= 15 is 0 Å². The van der Waals surface area contributed by atoms with Gasteiger partial charge < -0.3 is 5.11 Å². The molecule has 0 aliphatic carbocycles. The molecule has 1 aliphatic heterocycles. The number of aliphatic carboxylic acids is 1. The highest BCUT2D eigenvalue weighted by Gasteiger charge is 2.40. The number of rotatable bonds is 6. The van der Waals surface area contributed by atoms with Crippen LogP contribution in [-0.4, -0.2) is 49.2 Å². The zero-order valence-electron chi connectivity index (χ0n) is 13.9. The van der Waals surface area contributed by atoms with Crippen molar-refractivity contribution in [3.05, 3.63) is 47.0 Å². The van der Waals surface area contributed by atoms with Crippen molar-refractivity contribution in [2.75, 3.05) is 12.0 Å². The number of para-hydroxylation sites is 1. The Morgan fingerprint density at radius 1 is 1.42 bits per heavy atom. The van der Waals surface area contributed by atoms with Crippen molar-refractivity contribution in [2.45, 2.75) is 12.5 Å². The zero-order chi connectivity index (χ0) is 18.7. The lowest BCUT2D eigenvalue weighted by Gasteiger charge is -2.22. The minimum absolute atomic E-state index is 0.285. The predicted octanol–water partition coefficient (Wildman–Crippen LogP) is 3.64. The minimum atomic E-state index is -1.04. The second-order valence-corrected chi connectivity index (χ2v) is 8.27. The average Bonchev–Trinajstić information content (AvgIpc) is 2.90. The zero-order valence-corrected chi connectivity index (χ0v) is 16.4. The van der Waals surface area contributed by atoms with Crippen LogP contribution in [0, 0.1) is 0 Å². The quantitative estimate of drug-likeness (QED) is 0.582. The molecule has 1 N–H and O–H groups in total. The number of thioether (sulfide) groups is 2. The number of thiocarbonyl (C=S) groups is 1. The fourth-order valence-electron chi connectivity index (χ4n) is 2.73. The van der Waals surface area contributed by atoms with E-state index in [2.05, 4.69) is 4.98 Å². The number of amides is 1. The first kappa shape index (κ1) is 18.9. The summed E-state index contributed by atoms with van der Waals surface area (Å²) in [6, 6.07) is 8.55. The van der Waals surface area contributed by atoms with E-state index < -0.39 is 12.0 Å². The first-order valence-corrected chi connectivity index (χ1v) is 10.5. The number of pyridine rings is 1. The number of carbonyl (C=O) groups is 2. The van der Waals surface area contributed by atoms with Crippen LogP contribution in [0.5, 0.6) is 0 Å². The Morgan fingerprint density at radius 3 is 2.92 bits per heavy atom. The molecule has 0 saturated carbocycles. The first-order valence-electron chi connectivity index (χ1n) is 7.85. The van der Waals surface area contributed by atoms with Crippen LogP contribution in [0.15, 0.2) is 41.4 Å². The molecule has 26 heavy (non-hydrogen) atoms. The summed E-state index contributed by atoms with van der Waals surface area (Å²) in [6.45, 7) is 0. The maximum Gasteiger partial charge on any atom is 0.326 e. The molecule has 3 rings (SSSR count). The average molecular weight is 405 g/mol. The molecule has 1 saturated heterocycles. The number of nitrogens with zero attached hydrogens (tertiary/aromatic N) is 2. The van der Waals surface area contributed by atoms with Crippen LogP contribution in [0.1, 0.15) is 12.0 Å². The lowest BCUT2D eigenvalue weighted by Crippen LogP contribution is -2.44. The van der Waals surface area contributed by atoms with Gasteiger partial charge in [0.05, 0.1) is 10.4 Å². The number of fused-ring (bicyclic) bond motifs is 1. The number of carbonyl (C=O) groups excluding carboxylic acids is 1. The lowest BCUT2D eigenvalue weighted by molar-refractivity contribution is -0.145. The molecular weight excluding hydrogens is 388 g/mol. The van der Waals surface area contributed by atoms with E-state index in [1.54, 1.807) is 24.0 Å². The second-order valence-electron chi connectivity index (χ2n) is 5.60. The molecular formula is C18H16N2O3S3. The van der Waals surface area contributed by atoms with Crippen molar-refractivity contribution in [1.29, 1.82) is 0 Å². The van der Waals surface area contributed by atoms with Crippen LogP contribution < -0.4 is 0 Å². The monoisotopic (exact) mass is 404 g/mol. The molecule has 0 radical (unpaired) electrons. The largest absolute Gasteiger partial charge is 0.480 e. The Balaban J connectivity index is 1.95. The standard InChI is InChI=1S/C18H16N2O3S3/c1-25-9-7-14(17(22)23)20-16(21)15(26-18(20)24)10-11-6-8-19-13-5-3-2-4-12(11)13/h2-6,8,10,14H,7,9H2,1H3,(H,22,23). The van der Waals surface area contributed by atoms with Crippen molar-refractivity contribution in [1.82, 2.24) is 9.88 Å². The van der Waals surface area contributed by atoms with E-state index in [0.717, 1.165) is 28.2 Å². The molecule has 1 atom stereocenters. The van der Waals surface area contributed by atoms with Crippen LogP contribution in [-0.2, 0) is 9.59 Å². The predicted molar refractivity (Wildman–Crippen MR) is 111 cm³/mol. The molecule has 5 nitrogen and oxygen atoms in total. The summed E-state index contributed by atoms with van der Waals surface area (Å²) in [4.78, 5) is 30.4. The van der Waals surface area contributed by atoms with Gasteiger partial charge in [-0.15, -0.1) is 0 Å². The van der Waals surface area contributed by atoms with Gasteiger partial charge >= 0.3 is 5.97 Å². The van der Waals surface area contributed by atoms with E-state index in [1.807, 2.05) is 36.6 Å². The topological polar surface area (TPSA) is 70.5 Å². The number of carboxylic acid groups (broad SMARTS) is 1. The van der Waals surface area contributed by atoms with E-state index in [4.69, 9.17) is 12.2 Å². The Kier molecular flexibility index (Phi) is 5.95. The van der Waals surface area contributed by atoms with Crippen LogP contribution in [0.3, 0.4) is 0 Å². The number of benzene rings is 1. The van der Waals surface area contributed by atoms with Crippen LogP contribution in [0.4, 0.5) is 0 Å². The Bertz CT molecular complexity index is 908. The second kappa shape index (κ2) is 8.20. The molecule has 1 fully saturated rings. The molecule has 8 heteroatoms. The maximum atomic E-state index is 12.8. The Labute approximate surface area is 164 Å². The normalized spacial score (nSPS) is 17.3. The third-order valence-electron chi connectivity index (χ3n) is 3.99. The summed E-state index contributed by atoms with van der Waals surface area (Å²) in [7, 11) is 0. The van der Waals surface area contributed by atoms with Gasteiger partial charge in [0, 0.05) is 11.6 Å².